The first-order chi connectivity index (χ1) is 8.34. The van der Waals surface area contributed by atoms with Crippen molar-refractivity contribution < 1.29 is 9.53 Å². The Morgan fingerprint density at radius 1 is 1.33 bits per heavy atom. The van der Waals surface area contributed by atoms with E-state index in [1.54, 1.807) is 19.9 Å². The fourth-order valence-corrected chi connectivity index (χ4v) is 1.33. The first-order valence-electron chi connectivity index (χ1n) is 5.58. The van der Waals surface area contributed by atoms with Crippen LogP contribution in [0.5, 0.6) is 0 Å². The molecule has 18 heavy (non-hydrogen) atoms. The van der Waals surface area contributed by atoms with Gasteiger partial charge in [0.2, 0.25) is 0 Å². The van der Waals surface area contributed by atoms with Gasteiger partial charge in [0.1, 0.15) is 0 Å². The van der Waals surface area contributed by atoms with Gasteiger partial charge in [-0.2, -0.15) is 5.26 Å². The standard InChI is InChI=1S/C13H17N3O2/c1-13(2,8-14)3-4-18-12(17)9-5-10(15)7-11(16)6-9/h5-7H,3-4,15-16H2,1-2H3. The normalized spacial score (nSPS) is 10.7. The summed E-state index contributed by atoms with van der Waals surface area (Å²) in [6.45, 7) is 3.77. The van der Waals surface area contributed by atoms with E-state index in [2.05, 4.69) is 6.07 Å². The second kappa shape index (κ2) is 5.41. The molecule has 5 nitrogen and oxygen atoms in total. The molecule has 0 saturated heterocycles. The molecule has 1 aromatic carbocycles. The predicted molar refractivity (Wildman–Crippen MR) is 69.6 cm³/mol. The Balaban J connectivity index is 2.59. The molecule has 1 rings (SSSR count). The number of carbonyl (C=O) groups excluding carboxylic acids is 1. The Kier molecular flexibility index (Phi) is 4.16. The van der Waals surface area contributed by atoms with E-state index in [1.807, 2.05) is 0 Å². The van der Waals surface area contributed by atoms with Crippen molar-refractivity contribution in [3.05, 3.63) is 23.8 Å². The maximum absolute atomic E-state index is 11.7. The van der Waals surface area contributed by atoms with Gasteiger partial charge in [0.05, 0.1) is 23.7 Å². The van der Waals surface area contributed by atoms with E-state index in [0.717, 1.165) is 0 Å². The zero-order valence-corrected chi connectivity index (χ0v) is 10.6. The van der Waals surface area contributed by atoms with Crippen LogP contribution in [0.3, 0.4) is 0 Å². The molecule has 0 radical (unpaired) electrons. The number of nitrogen functional groups attached to an aromatic ring is 2. The van der Waals surface area contributed by atoms with Gasteiger partial charge in [0.15, 0.2) is 0 Å². The molecule has 0 aliphatic heterocycles. The van der Waals surface area contributed by atoms with E-state index in [4.69, 9.17) is 21.5 Å². The topological polar surface area (TPSA) is 102 Å². The zero-order chi connectivity index (χ0) is 13.8. The molecule has 1 aromatic rings. The van der Waals surface area contributed by atoms with Crippen LogP contribution in [0.25, 0.3) is 0 Å². The van der Waals surface area contributed by atoms with Crippen molar-refractivity contribution in [2.24, 2.45) is 5.41 Å². The third-order valence-electron chi connectivity index (χ3n) is 2.48. The second-order valence-electron chi connectivity index (χ2n) is 4.77. The van der Waals surface area contributed by atoms with Gasteiger partial charge in [0, 0.05) is 11.4 Å². The fourth-order valence-electron chi connectivity index (χ4n) is 1.33. The molecule has 0 bridgehead atoms. The molecule has 0 saturated carbocycles. The number of ether oxygens (including phenoxy) is 1. The number of carbonyl (C=O) groups is 1. The number of hydrogen-bond donors (Lipinski definition) is 2. The summed E-state index contributed by atoms with van der Waals surface area (Å²) < 4.78 is 5.07. The Labute approximate surface area is 106 Å². The van der Waals surface area contributed by atoms with Gasteiger partial charge in [0.25, 0.3) is 0 Å². The summed E-state index contributed by atoms with van der Waals surface area (Å²) in [4.78, 5) is 11.7. The van der Waals surface area contributed by atoms with E-state index in [0.29, 0.717) is 23.4 Å². The van der Waals surface area contributed by atoms with Crippen LogP contribution in [-0.4, -0.2) is 12.6 Å². The molecular formula is C13H17N3O2. The zero-order valence-electron chi connectivity index (χ0n) is 10.6. The van der Waals surface area contributed by atoms with Crippen LogP contribution in [0.1, 0.15) is 30.6 Å². The summed E-state index contributed by atoms with van der Waals surface area (Å²) in [6, 6.07) is 6.72. The van der Waals surface area contributed by atoms with Crippen LogP contribution >= 0.6 is 0 Å². The summed E-state index contributed by atoms with van der Waals surface area (Å²) >= 11 is 0. The average molecular weight is 247 g/mol. The monoisotopic (exact) mass is 247 g/mol. The Morgan fingerprint density at radius 3 is 2.39 bits per heavy atom. The molecule has 0 spiro atoms. The number of benzene rings is 1. The molecular weight excluding hydrogens is 230 g/mol. The molecule has 5 heteroatoms. The predicted octanol–water partition coefficient (Wildman–Crippen LogP) is 1.95. The van der Waals surface area contributed by atoms with Gasteiger partial charge in [-0.05, 0) is 38.5 Å². The summed E-state index contributed by atoms with van der Waals surface area (Å²) in [5.41, 5.74) is 11.8. The molecule has 0 aliphatic carbocycles. The molecule has 0 unspecified atom stereocenters. The van der Waals surface area contributed by atoms with E-state index in [9.17, 15) is 4.79 Å². The smallest absolute Gasteiger partial charge is 0.338 e. The van der Waals surface area contributed by atoms with Gasteiger partial charge in [-0.1, -0.05) is 0 Å². The Bertz CT molecular complexity index is 469. The first-order valence-corrected chi connectivity index (χ1v) is 5.58. The van der Waals surface area contributed by atoms with E-state index >= 15 is 0 Å². The van der Waals surface area contributed by atoms with Crippen LogP contribution in [0, 0.1) is 16.7 Å². The molecule has 96 valence electrons. The SMILES string of the molecule is CC(C)(C#N)CCOC(=O)c1cc(N)cc(N)c1. The van der Waals surface area contributed by atoms with Crippen LogP contribution in [-0.2, 0) is 4.74 Å². The van der Waals surface area contributed by atoms with Crippen molar-refractivity contribution in [3.8, 4) is 6.07 Å². The molecule has 0 heterocycles. The number of rotatable bonds is 4. The summed E-state index contributed by atoms with van der Waals surface area (Å²) in [5.74, 6) is -0.484. The number of nitrogens with zero attached hydrogens (tertiary/aromatic N) is 1. The summed E-state index contributed by atoms with van der Waals surface area (Å²) in [6.07, 6.45) is 0.479. The van der Waals surface area contributed by atoms with Crippen LogP contribution in [0.15, 0.2) is 18.2 Å². The number of nitriles is 1. The lowest BCUT2D eigenvalue weighted by atomic mass is 9.92. The fraction of sp³-hybridized carbons (Fsp3) is 0.385. The van der Waals surface area contributed by atoms with Crippen LogP contribution in [0.2, 0.25) is 0 Å². The molecule has 0 aromatic heterocycles. The Morgan fingerprint density at radius 2 is 1.89 bits per heavy atom. The molecule has 0 atom stereocenters. The quantitative estimate of drug-likeness (QED) is 0.625. The van der Waals surface area contributed by atoms with Crippen molar-refractivity contribution in [1.82, 2.24) is 0 Å². The van der Waals surface area contributed by atoms with Crippen LogP contribution < -0.4 is 11.5 Å². The maximum Gasteiger partial charge on any atom is 0.338 e. The molecule has 0 amide bonds. The van der Waals surface area contributed by atoms with Crippen molar-refractivity contribution in [2.45, 2.75) is 20.3 Å². The third kappa shape index (κ3) is 3.98. The first kappa shape index (κ1) is 13.8. The van der Waals surface area contributed by atoms with E-state index in [1.165, 1.54) is 12.1 Å². The third-order valence-corrected chi connectivity index (χ3v) is 2.48. The highest BCUT2D eigenvalue weighted by atomic mass is 16.5. The molecule has 0 fully saturated rings. The second-order valence-corrected chi connectivity index (χ2v) is 4.77. The van der Waals surface area contributed by atoms with Crippen molar-refractivity contribution in [3.63, 3.8) is 0 Å². The van der Waals surface area contributed by atoms with Gasteiger partial charge in [-0.15, -0.1) is 0 Å². The number of anilines is 2. The van der Waals surface area contributed by atoms with E-state index in [-0.39, 0.29) is 6.61 Å². The summed E-state index contributed by atoms with van der Waals surface area (Å²) in [5, 5.41) is 8.83. The summed E-state index contributed by atoms with van der Waals surface area (Å²) in [7, 11) is 0. The highest BCUT2D eigenvalue weighted by Crippen LogP contribution is 2.19. The van der Waals surface area contributed by atoms with Gasteiger partial charge in [-0.25, -0.2) is 4.79 Å². The highest BCUT2D eigenvalue weighted by molar-refractivity contribution is 5.91. The minimum atomic E-state index is -0.505. The number of esters is 1. The lowest BCUT2D eigenvalue weighted by molar-refractivity contribution is 0.0475. The maximum atomic E-state index is 11.7. The van der Waals surface area contributed by atoms with Crippen LogP contribution in [0.4, 0.5) is 11.4 Å². The minimum Gasteiger partial charge on any atom is -0.462 e. The highest BCUT2D eigenvalue weighted by Gasteiger charge is 2.17. The van der Waals surface area contributed by atoms with Gasteiger partial charge >= 0.3 is 5.97 Å². The van der Waals surface area contributed by atoms with Crippen molar-refractivity contribution in [2.75, 3.05) is 18.1 Å². The number of nitrogens with two attached hydrogens (primary N) is 2. The average Bonchev–Trinajstić information content (AvgIpc) is 2.27. The van der Waals surface area contributed by atoms with Gasteiger partial charge < -0.3 is 16.2 Å². The Hall–Kier alpha value is -2.22. The van der Waals surface area contributed by atoms with E-state index < -0.39 is 11.4 Å². The minimum absolute atomic E-state index is 0.189. The molecule has 0 aliphatic rings. The van der Waals surface area contributed by atoms with Crippen molar-refractivity contribution >= 4 is 17.3 Å². The lowest BCUT2D eigenvalue weighted by Gasteiger charge is -2.14. The van der Waals surface area contributed by atoms with Crippen molar-refractivity contribution in [1.29, 1.82) is 5.26 Å². The molecule has 4 N–H and O–H groups in total. The largest absolute Gasteiger partial charge is 0.462 e. The van der Waals surface area contributed by atoms with Gasteiger partial charge in [-0.3, -0.25) is 0 Å². The number of hydrogen-bond acceptors (Lipinski definition) is 5. The lowest BCUT2D eigenvalue weighted by Crippen LogP contribution is -2.15.